The molecule has 11 heavy (non-hydrogen) atoms. The molecule has 0 aliphatic rings. The quantitative estimate of drug-likeness (QED) is 0.701. The Morgan fingerprint density at radius 2 is 1.82 bits per heavy atom. The molecular weight excluding hydrogens is 162 g/mol. The van der Waals surface area contributed by atoms with Crippen LogP contribution in [0.3, 0.4) is 0 Å². The van der Waals surface area contributed by atoms with Gasteiger partial charge in [0.1, 0.15) is 0 Å². The monoisotopic (exact) mass is 179 g/mol. The van der Waals surface area contributed by atoms with Crippen LogP contribution in [0.4, 0.5) is 0 Å². The van der Waals surface area contributed by atoms with Crippen LogP contribution in [0, 0.1) is 0 Å². The molecule has 0 saturated heterocycles. The number of rotatable bonds is 3. The average molecular weight is 179 g/mol. The Morgan fingerprint density at radius 3 is 1.91 bits per heavy atom. The van der Waals surface area contributed by atoms with Gasteiger partial charge in [-0.25, -0.2) is 0 Å². The van der Waals surface area contributed by atoms with Crippen LogP contribution in [-0.2, 0) is 4.79 Å². The summed E-state index contributed by atoms with van der Waals surface area (Å²) in [5.41, 5.74) is 0. The van der Waals surface area contributed by atoms with Crippen molar-refractivity contribution in [1.82, 2.24) is 4.90 Å². The number of hydrogen-bond acceptors (Lipinski definition) is 3. The lowest BCUT2D eigenvalue weighted by Gasteiger charge is -1.90. The van der Waals surface area contributed by atoms with Crippen molar-refractivity contribution in [3.63, 3.8) is 0 Å². The van der Waals surface area contributed by atoms with Crippen LogP contribution in [0.1, 0.15) is 6.42 Å². The largest absolute Gasteiger partial charge is 0.481 e. The van der Waals surface area contributed by atoms with E-state index in [9.17, 15) is 4.79 Å². The summed E-state index contributed by atoms with van der Waals surface area (Å²) in [4.78, 5) is 11.7. The van der Waals surface area contributed by atoms with Crippen molar-refractivity contribution in [3.8, 4) is 0 Å². The zero-order valence-electron chi connectivity index (χ0n) is 7.63. The lowest BCUT2D eigenvalue weighted by molar-refractivity contribution is -0.136. The summed E-state index contributed by atoms with van der Waals surface area (Å²) in [6.45, 7) is 0. The Bertz CT molecular complexity index is 93.7. The predicted octanol–water partition coefficient (Wildman–Crippen LogP) is 1.00. The molecule has 0 aromatic carbocycles. The first-order valence-electron chi connectivity index (χ1n) is 3.32. The van der Waals surface area contributed by atoms with E-state index in [0.717, 1.165) is 5.75 Å². The van der Waals surface area contributed by atoms with Gasteiger partial charge in [0, 0.05) is 5.75 Å². The SMILES string of the molecule is CN(C)C.CSCCC(=O)O. The number of carbonyl (C=O) groups is 1. The first-order valence-corrected chi connectivity index (χ1v) is 4.71. The lowest BCUT2D eigenvalue weighted by atomic mass is 10.5. The molecule has 68 valence electrons. The summed E-state index contributed by atoms with van der Waals surface area (Å²) in [6.07, 6.45) is 2.17. The highest BCUT2D eigenvalue weighted by atomic mass is 32.2. The molecule has 0 aromatic rings. The van der Waals surface area contributed by atoms with Crippen LogP contribution in [0.2, 0.25) is 0 Å². The fourth-order valence-corrected chi connectivity index (χ4v) is 0.568. The highest BCUT2D eigenvalue weighted by Gasteiger charge is 1.91. The number of thioether (sulfide) groups is 1. The number of aliphatic carboxylic acids is 1. The zero-order chi connectivity index (χ0) is 9.28. The van der Waals surface area contributed by atoms with E-state index in [1.165, 1.54) is 0 Å². The Kier molecular flexibility index (Phi) is 11.9. The Labute approximate surface area is 72.8 Å². The van der Waals surface area contributed by atoms with Crippen molar-refractivity contribution in [1.29, 1.82) is 0 Å². The van der Waals surface area contributed by atoms with E-state index < -0.39 is 5.97 Å². The predicted molar refractivity (Wildman–Crippen MR) is 50.2 cm³/mol. The fraction of sp³-hybridized carbons (Fsp3) is 0.857. The summed E-state index contributed by atoms with van der Waals surface area (Å²) >= 11 is 1.55. The minimum atomic E-state index is -0.714. The molecule has 0 bridgehead atoms. The number of hydrogen-bond donors (Lipinski definition) is 1. The number of carboxylic acids is 1. The molecule has 0 amide bonds. The summed E-state index contributed by atoms with van der Waals surface area (Å²) < 4.78 is 0. The number of carboxylic acid groups (broad SMARTS) is 1. The minimum Gasteiger partial charge on any atom is -0.481 e. The van der Waals surface area contributed by atoms with Crippen molar-refractivity contribution < 1.29 is 9.90 Å². The Morgan fingerprint density at radius 1 is 1.45 bits per heavy atom. The van der Waals surface area contributed by atoms with E-state index in [1.807, 2.05) is 32.3 Å². The average Bonchev–Trinajstić information content (AvgIpc) is 1.82. The van der Waals surface area contributed by atoms with Gasteiger partial charge in [0.2, 0.25) is 0 Å². The van der Waals surface area contributed by atoms with Gasteiger partial charge in [-0.15, -0.1) is 0 Å². The second kappa shape index (κ2) is 9.78. The smallest absolute Gasteiger partial charge is 0.304 e. The molecule has 3 nitrogen and oxygen atoms in total. The third-order valence-electron chi connectivity index (χ3n) is 0.520. The molecule has 0 aliphatic heterocycles. The third kappa shape index (κ3) is 41.4. The highest BCUT2D eigenvalue weighted by molar-refractivity contribution is 7.98. The lowest BCUT2D eigenvalue weighted by Crippen LogP contribution is -1.99. The molecule has 0 aliphatic carbocycles. The van der Waals surface area contributed by atoms with E-state index in [1.54, 1.807) is 11.8 Å². The first-order chi connectivity index (χ1) is 5.00. The van der Waals surface area contributed by atoms with Crippen LogP contribution in [-0.4, -0.2) is 49.1 Å². The summed E-state index contributed by atoms with van der Waals surface area (Å²) in [5.74, 6) is 0.00403. The van der Waals surface area contributed by atoms with E-state index in [0.29, 0.717) is 0 Å². The maximum absolute atomic E-state index is 9.74. The fourth-order valence-electron chi connectivity index (χ4n) is 0.189. The zero-order valence-corrected chi connectivity index (χ0v) is 8.44. The van der Waals surface area contributed by atoms with Crippen molar-refractivity contribution in [2.24, 2.45) is 0 Å². The Balaban J connectivity index is 0. The van der Waals surface area contributed by atoms with Crippen LogP contribution < -0.4 is 0 Å². The van der Waals surface area contributed by atoms with Gasteiger partial charge in [-0.1, -0.05) is 0 Å². The minimum absolute atomic E-state index is 0.279. The van der Waals surface area contributed by atoms with Gasteiger partial charge in [-0.05, 0) is 27.4 Å². The maximum Gasteiger partial charge on any atom is 0.304 e. The highest BCUT2D eigenvalue weighted by Crippen LogP contribution is 1.93. The molecule has 0 radical (unpaired) electrons. The molecule has 0 spiro atoms. The second-order valence-electron chi connectivity index (χ2n) is 2.48. The summed E-state index contributed by atoms with van der Waals surface area (Å²) in [6, 6.07) is 0. The second-order valence-corrected chi connectivity index (χ2v) is 3.46. The van der Waals surface area contributed by atoms with E-state index in [2.05, 4.69) is 0 Å². The molecule has 1 N–H and O–H groups in total. The van der Waals surface area contributed by atoms with Crippen molar-refractivity contribution >= 4 is 17.7 Å². The van der Waals surface area contributed by atoms with Gasteiger partial charge in [0.25, 0.3) is 0 Å². The van der Waals surface area contributed by atoms with E-state index in [4.69, 9.17) is 5.11 Å². The van der Waals surface area contributed by atoms with E-state index >= 15 is 0 Å². The van der Waals surface area contributed by atoms with Gasteiger partial charge in [-0.3, -0.25) is 4.79 Å². The Hall–Kier alpha value is -0.220. The molecular formula is C7H17NO2S. The summed E-state index contributed by atoms with van der Waals surface area (Å²) in [7, 11) is 6.00. The normalized spacial score (nSPS) is 8.82. The van der Waals surface area contributed by atoms with Gasteiger partial charge in [0.15, 0.2) is 0 Å². The topological polar surface area (TPSA) is 40.5 Å². The molecule has 0 fully saturated rings. The van der Waals surface area contributed by atoms with Crippen LogP contribution in [0.5, 0.6) is 0 Å². The van der Waals surface area contributed by atoms with Crippen LogP contribution in [0.15, 0.2) is 0 Å². The molecule has 0 unspecified atom stereocenters. The molecule has 4 heteroatoms. The van der Waals surface area contributed by atoms with E-state index in [-0.39, 0.29) is 6.42 Å². The van der Waals surface area contributed by atoms with Gasteiger partial charge >= 0.3 is 5.97 Å². The molecule has 0 heterocycles. The van der Waals surface area contributed by atoms with Gasteiger partial charge in [0.05, 0.1) is 6.42 Å². The molecule has 0 saturated carbocycles. The van der Waals surface area contributed by atoms with Gasteiger partial charge < -0.3 is 10.0 Å². The van der Waals surface area contributed by atoms with Crippen LogP contribution >= 0.6 is 11.8 Å². The van der Waals surface area contributed by atoms with Crippen molar-refractivity contribution in [2.45, 2.75) is 6.42 Å². The van der Waals surface area contributed by atoms with Crippen molar-refractivity contribution in [3.05, 3.63) is 0 Å². The molecule has 0 rings (SSSR count). The molecule has 0 aromatic heterocycles. The van der Waals surface area contributed by atoms with Crippen LogP contribution in [0.25, 0.3) is 0 Å². The van der Waals surface area contributed by atoms with Gasteiger partial charge in [-0.2, -0.15) is 11.8 Å². The standard InChI is InChI=1S/C4H8O2S.C3H9N/c1-7-3-2-4(5)6;1-4(2)3/h2-3H2,1H3,(H,5,6);1-3H3. The van der Waals surface area contributed by atoms with Crippen molar-refractivity contribution in [2.75, 3.05) is 33.2 Å². The number of nitrogens with zero attached hydrogens (tertiary/aromatic N) is 1. The third-order valence-corrected chi connectivity index (χ3v) is 1.13. The first kappa shape index (κ1) is 13.4. The summed E-state index contributed by atoms with van der Waals surface area (Å²) in [5, 5.41) is 8.03. The maximum atomic E-state index is 9.74. The molecule has 0 atom stereocenters.